The Morgan fingerprint density at radius 2 is 2.11 bits per heavy atom. The van der Waals surface area contributed by atoms with Gasteiger partial charge in [0.2, 0.25) is 0 Å². The molecule has 0 spiro atoms. The van der Waals surface area contributed by atoms with Crippen molar-refractivity contribution in [1.82, 2.24) is 0 Å². The van der Waals surface area contributed by atoms with Gasteiger partial charge in [0.05, 0.1) is 12.5 Å². The minimum absolute atomic E-state index is 0.00564. The predicted octanol–water partition coefficient (Wildman–Crippen LogP) is 2.28. The lowest BCUT2D eigenvalue weighted by molar-refractivity contribution is -0.148. The number of halogens is 1. The number of rotatable bonds is 2. The topological polar surface area (TPSA) is 52.6 Å². The summed E-state index contributed by atoms with van der Waals surface area (Å²) in [4.78, 5) is 22.4. The second-order valence-electron chi connectivity index (χ2n) is 5.23. The lowest BCUT2D eigenvalue weighted by Crippen LogP contribution is -2.32. The highest BCUT2D eigenvalue weighted by Crippen LogP contribution is 2.45. The fourth-order valence-electron chi connectivity index (χ4n) is 2.94. The van der Waals surface area contributed by atoms with Gasteiger partial charge in [0.25, 0.3) is 0 Å². The SMILES string of the molecule is CCOC(=O)C1CC[C@@H]2OC(=O)C(C)(Cl)[C@@H]2CC1. The van der Waals surface area contributed by atoms with E-state index in [4.69, 9.17) is 21.1 Å². The fraction of sp³-hybridized carbons (Fsp3) is 0.846. The first kappa shape index (κ1) is 13.7. The van der Waals surface area contributed by atoms with Gasteiger partial charge in [-0.15, -0.1) is 11.6 Å². The number of esters is 2. The molecular weight excluding hydrogens is 256 g/mol. The van der Waals surface area contributed by atoms with E-state index < -0.39 is 4.87 Å². The van der Waals surface area contributed by atoms with E-state index in [1.54, 1.807) is 13.8 Å². The molecule has 0 aromatic heterocycles. The fourth-order valence-corrected chi connectivity index (χ4v) is 3.23. The van der Waals surface area contributed by atoms with Crippen LogP contribution in [0.25, 0.3) is 0 Å². The van der Waals surface area contributed by atoms with Gasteiger partial charge >= 0.3 is 11.9 Å². The van der Waals surface area contributed by atoms with E-state index in [-0.39, 0.29) is 29.9 Å². The Kier molecular flexibility index (Phi) is 3.85. The van der Waals surface area contributed by atoms with E-state index in [2.05, 4.69) is 0 Å². The lowest BCUT2D eigenvalue weighted by Gasteiger charge is -2.21. The van der Waals surface area contributed by atoms with E-state index in [1.807, 2.05) is 0 Å². The molecule has 2 rings (SSSR count). The first-order valence-electron chi connectivity index (χ1n) is 6.53. The van der Waals surface area contributed by atoms with Crippen LogP contribution in [0.5, 0.6) is 0 Å². The number of hydrogen-bond donors (Lipinski definition) is 0. The molecule has 0 aromatic rings. The molecule has 1 saturated carbocycles. The molecule has 2 unspecified atom stereocenters. The lowest BCUT2D eigenvalue weighted by atomic mass is 9.87. The standard InChI is InChI=1S/C13H19ClO4/c1-3-17-11(15)8-4-6-9-10(7-5-8)18-12(16)13(9,2)14/h8-10H,3-7H2,1-2H3/t8?,9-,10+,13?/m1/s1. The molecule has 0 radical (unpaired) electrons. The number of fused-ring (bicyclic) bond motifs is 1. The van der Waals surface area contributed by atoms with Crippen LogP contribution in [0.3, 0.4) is 0 Å². The average molecular weight is 275 g/mol. The highest BCUT2D eigenvalue weighted by atomic mass is 35.5. The van der Waals surface area contributed by atoms with E-state index >= 15 is 0 Å². The van der Waals surface area contributed by atoms with E-state index in [0.29, 0.717) is 19.4 Å². The Bertz CT molecular complexity index is 353. The quantitative estimate of drug-likeness (QED) is 0.573. The van der Waals surface area contributed by atoms with Crippen molar-refractivity contribution >= 4 is 23.5 Å². The summed E-state index contributed by atoms with van der Waals surface area (Å²) in [5, 5.41) is 0. The number of carbonyl (C=O) groups is 2. The molecule has 0 amide bonds. The summed E-state index contributed by atoms with van der Waals surface area (Å²) in [6.45, 7) is 3.93. The Balaban J connectivity index is 2.03. The molecule has 2 aliphatic rings. The third-order valence-electron chi connectivity index (χ3n) is 4.05. The normalized spacial score (nSPS) is 39.7. The van der Waals surface area contributed by atoms with Gasteiger partial charge in [-0.25, -0.2) is 0 Å². The van der Waals surface area contributed by atoms with Crippen LogP contribution in [-0.4, -0.2) is 29.5 Å². The van der Waals surface area contributed by atoms with E-state index in [1.165, 1.54) is 0 Å². The summed E-state index contributed by atoms with van der Waals surface area (Å²) >= 11 is 6.26. The molecule has 2 fully saturated rings. The van der Waals surface area contributed by atoms with Gasteiger partial charge in [-0.3, -0.25) is 9.59 Å². The largest absolute Gasteiger partial charge is 0.466 e. The van der Waals surface area contributed by atoms with Crippen LogP contribution >= 0.6 is 11.6 Å². The Hall–Kier alpha value is -0.770. The second-order valence-corrected chi connectivity index (χ2v) is 6.01. The summed E-state index contributed by atoms with van der Waals surface area (Å²) in [5.74, 6) is -0.540. The first-order valence-corrected chi connectivity index (χ1v) is 6.91. The number of carbonyl (C=O) groups excluding carboxylic acids is 2. The summed E-state index contributed by atoms with van der Waals surface area (Å²) in [5.41, 5.74) is 0. The highest BCUT2D eigenvalue weighted by Gasteiger charge is 2.53. The molecule has 4 nitrogen and oxygen atoms in total. The van der Waals surface area contributed by atoms with Crippen molar-refractivity contribution in [3.05, 3.63) is 0 Å². The van der Waals surface area contributed by atoms with Crippen LogP contribution in [-0.2, 0) is 19.1 Å². The van der Waals surface area contributed by atoms with E-state index in [9.17, 15) is 9.59 Å². The van der Waals surface area contributed by atoms with Gasteiger partial charge in [-0.05, 0) is 39.5 Å². The van der Waals surface area contributed by atoms with Crippen molar-refractivity contribution in [2.75, 3.05) is 6.61 Å². The second kappa shape index (κ2) is 5.08. The van der Waals surface area contributed by atoms with Crippen LogP contribution in [0.15, 0.2) is 0 Å². The van der Waals surface area contributed by atoms with Crippen LogP contribution in [0, 0.1) is 11.8 Å². The van der Waals surface area contributed by atoms with Crippen LogP contribution in [0.1, 0.15) is 39.5 Å². The summed E-state index contributed by atoms with van der Waals surface area (Å²) in [7, 11) is 0. The summed E-state index contributed by atoms with van der Waals surface area (Å²) < 4.78 is 10.4. The summed E-state index contributed by atoms with van der Waals surface area (Å²) in [6, 6.07) is 0. The maximum Gasteiger partial charge on any atom is 0.327 e. The number of alkyl halides is 1. The van der Waals surface area contributed by atoms with Gasteiger partial charge in [-0.2, -0.15) is 0 Å². The molecule has 4 atom stereocenters. The molecule has 0 aromatic carbocycles. The molecule has 1 aliphatic heterocycles. The zero-order chi connectivity index (χ0) is 13.3. The van der Waals surface area contributed by atoms with Crippen LogP contribution < -0.4 is 0 Å². The molecule has 0 N–H and O–H groups in total. The van der Waals surface area contributed by atoms with Crippen molar-refractivity contribution in [3.8, 4) is 0 Å². The Labute approximate surface area is 112 Å². The smallest absolute Gasteiger partial charge is 0.327 e. The molecule has 102 valence electrons. The van der Waals surface area contributed by atoms with Gasteiger partial charge in [0, 0.05) is 5.92 Å². The molecule has 1 aliphatic carbocycles. The van der Waals surface area contributed by atoms with Gasteiger partial charge in [-0.1, -0.05) is 0 Å². The van der Waals surface area contributed by atoms with Gasteiger partial charge in [0.15, 0.2) is 0 Å². The van der Waals surface area contributed by atoms with Gasteiger partial charge < -0.3 is 9.47 Å². The zero-order valence-electron chi connectivity index (χ0n) is 10.8. The first-order chi connectivity index (χ1) is 8.46. The Morgan fingerprint density at radius 3 is 2.78 bits per heavy atom. The minimum Gasteiger partial charge on any atom is -0.466 e. The maximum absolute atomic E-state index is 11.7. The molecule has 0 bridgehead atoms. The van der Waals surface area contributed by atoms with Crippen molar-refractivity contribution in [3.63, 3.8) is 0 Å². The van der Waals surface area contributed by atoms with Crippen molar-refractivity contribution in [2.24, 2.45) is 11.8 Å². The molecule has 1 saturated heterocycles. The summed E-state index contributed by atoms with van der Waals surface area (Å²) in [6.07, 6.45) is 2.72. The van der Waals surface area contributed by atoms with Crippen molar-refractivity contribution in [2.45, 2.75) is 50.5 Å². The molecule has 18 heavy (non-hydrogen) atoms. The third-order valence-corrected chi connectivity index (χ3v) is 4.48. The highest BCUT2D eigenvalue weighted by molar-refractivity contribution is 6.34. The van der Waals surface area contributed by atoms with Crippen LogP contribution in [0.4, 0.5) is 0 Å². The average Bonchev–Trinajstić information content (AvgIpc) is 2.48. The number of ether oxygens (including phenoxy) is 2. The van der Waals surface area contributed by atoms with Crippen LogP contribution in [0.2, 0.25) is 0 Å². The number of hydrogen-bond acceptors (Lipinski definition) is 4. The third kappa shape index (κ3) is 2.35. The molecular formula is C13H19ClO4. The maximum atomic E-state index is 11.7. The Morgan fingerprint density at radius 1 is 1.44 bits per heavy atom. The van der Waals surface area contributed by atoms with Crippen molar-refractivity contribution in [1.29, 1.82) is 0 Å². The van der Waals surface area contributed by atoms with Gasteiger partial charge in [0.1, 0.15) is 11.0 Å². The minimum atomic E-state index is -0.936. The monoisotopic (exact) mass is 274 g/mol. The predicted molar refractivity (Wildman–Crippen MR) is 66.2 cm³/mol. The van der Waals surface area contributed by atoms with E-state index in [0.717, 1.165) is 12.8 Å². The molecule has 5 heteroatoms. The van der Waals surface area contributed by atoms with Crippen molar-refractivity contribution < 1.29 is 19.1 Å². The zero-order valence-corrected chi connectivity index (χ0v) is 11.5. The molecule has 1 heterocycles.